The predicted octanol–water partition coefficient (Wildman–Crippen LogP) is 3.35. The number of benzene rings is 1. The van der Waals surface area contributed by atoms with Gasteiger partial charge >= 0.3 is 5.97 Å². The van der Waals surface area contributed by atoms with E-state index >= 15 is 0 Å². The zero-order valence-electron chi connectivity index (χ0n) is 11.0. The lowest BCUT2D eigenvalue weighted by atomic mass is 10.1. The number of aromatic carboxylic acids is 1. The summed E-state index contributed by atoms with van der Waals surface area (Å²) >= 11 is 1.61. The van der Waals surface area contributed by atoms with Crippen LogP contribution < -0.4 is 4.90 Å². The Morgan fingerprint density at radius 3 is 2.42 bits per heavy atom. The number of anilines is 1. The van der Waals surface area contributed by atoms with Gasteiger partial charge in [-0.3, -0.25) is 0 Å². The van der Waals surface area contributed by atoms with Gasteiger partial charge in [0, 0.05) is 24.0 Å². The van der Waals surface area contributed by atoms with Crippen molar-refractivity contribution in [1.29, 1.82) is 0 Å². The molecule has 1 heterocycles. The molecule has 0 spiro atoms. The molecule has 2 rings (SSSR count). The maximum absolute atomic E-state index is 10.8. The van der Waals surface area contributed by atoms with Crippen molar-refractivity contribution in [3.05, 3.63) is 35.2 Å². The second-order valence-electron chi connectivity index (χ2n) is 4.07. The van der Waals surface area contributed by atoms with Gasteiger partial charge in [-0.1, -0.05) is 12.1 Å². The van der Waals surface area contributed by atoms with Crippen LogP contribution in [0.4, 0.5) is 5.13 Å². The lowest BCUT2D eigenvalue weighted by Gasteiger charge is -2.16. The van der Waals surface area contributed by atoms with Gasteiger partial charge in [-0.2, -0.15) is 0 Å². The summed E-state index contributed by atoms with van der Waals surface area (Å²) in [4.78, 5) is 17.6. The molecule has 0 saturated heterocycles. The van der Waals surface area contributed by atoms with Crippen LogP contribution in [0.1, 0.15) is 24.2 Å². The quantitative estimate of drug-likeness (QED) is 0.910. The maximum Gasteiger partial charge on any atom is 0.335 e. The van der Waals surface area contributed by atoms with Crippen molar-refractivity contribution in [3.8, 4) is 11.3 Å². The van der Waals surface area contributed by atoms with Gasteiger partial charge in [0.25, 0.3) is 0 Å². The molecule has 0 aliphatic rings. The van der Waals surface area contributed by atoms with Crippen LogP contribution in [-0.4, -0.2) is 29.1 Å². The number of carboxylic acids is 1. The molecule has 0 bridgehead atoms. The molecular weight excluding hydrogens is 260 g/mol. The lowest BCUT2D eigenvalue weighted by molar-refractivity contribution is 0.0697. The number of nitrogens with zero attached hydrogens (tertiary/aromatic N) is 2. The Labute approximate surface area is 116 Å². The normalized spacial score (nSPS) is 10.4. The highest BCUT2D eigenvalue weighted by Crippen LogP contribution is 2.27. The highest BCUT2D eigenvalue weighted by molar-refractivity contribution is 7.14. The van der Waals surface area contributed by atoms with Gasteiger partial charge in [0.1, 0.15) is 0 Å². The van der Waals surface area contributed by atoms with Crippen LogP contribution in [0.2, 0.25) is 0 Å². The Kier molecular flexibility index (Phi) is 4.16. The second kappa shape index (κ2) is 5.84. The average Bonchev–Trinajstić information content (AvgIpc) is 2.90. The first kappa shape index (κ1) is 13.5. The molecule has 1 aromatic carbocycles. The molecule has 0 aliphatic heterocycles. The Bertz CT molecular complexity index is 559. The van der Waals surface area contributed by atoms with E-state index in [0.717, 1.165) is 29.5 Å². The number of carbonyl (C=O) groups is 1. The Hall–Kier alpha value is -1.88. The summed E-state index contributed by atoms with van der Waals surface area (Å²) in [6.45, 7) is 6.07. The van der Waals surface area contributed by atoms with Crippen molar-refractivity contribution in [2.75, 3.05) is 18.0 Å². The molecule has 0 amide bonds. The van der Waals surface area contributed by atoms with E-state index in [1.807, 2.05) is 5.38 Å². The summed E-state index contributed by atoms with van der Waals surface area (Å²) in [5.74, 6) is -0.909. The van der Waals surface area contributed by atoms with Gasteiger partial charge in [-0.05, 0) is 26.0 Å². The van der Waals surface area contributed by atoms with Crippen molar-refractivity contribution in [1.82, 2.24) is 4.98 Å². The van der Waals surface area contributed by atoms with Gasteiger partial charge in [0.2, 0.25) is 0 Å². The van der Waals surface area contributed by atoms with Crippen molar-refractivity contribution < 1.29 is 9.90 Å². The van der Waals surface area contributed by atoms with Gasteiger partial charge in [0.05, 0.1) is 11.3 Å². The Morgan fingerprint density at radius 1 is 1.26 bits per heavy atom. The van der Waals surface area contributed by atoms with Crippen molar-refractivity contribution in [2.45, 2.75) is 13.8 Å². The molecule has 1 N–H and O–H groups in total. The minimum absolute atomic E-state index is 0.294. The SMILES string of the molecule is CCN(CC)c1nc(-c2ccc(C(=O)O)cc2)cs1. The lowest BCUT2D eigenvalue weighted by Crippen LogP contribution is -2.21. The predicted molar refractivity (Wildman–Crippen MR) is 78.1 cm³/mol. The van der Waals surface area contributed by atoms with E-state index in [9.17, 15) is 4.79 Å². The fourth-order valence-electron chi connectivity index (χ4n) is 1.82. The topological polar surface area (TPSA) is 53.4 Å². The summed E-state index contributed by atoms with van der Waals surface area (Å²) in [5, 5.41) is 11.9. The average molecular weight is 276 g/mol. The van der Waals surface area contributed by atoms with E-state index in [0.29, 0.717) is 5.56 Å². The zero-order valence-corrected chi connectivity index (χ0v) is 11.8. The van der Waals surface area contributed by atoms with E-state index in [4.69, 9.17) is 5.11 Å². The van der Waals surface area contributed by atoms with E-state index in [1.54, 1.807) is 35.6 Å². The minimum Gasteiger partial charge on any atom is -0.478 e. The highest BCUT2D eigenvalue weighted by atomic mass is 32.1. The Morgan fingerprint density at radius 2 is 1.89 bits per heavy atom. The highest BCUT2D eigenvalue weighted by Gasteiger charge is 2.09. The summed E-state index contributed by atoms with van der Waals surface area (Å²) in [7, 11) is 0. The minimum atomic E-state index is -0.909. The molecule has 19 heavy (non-hydrogen) atoms. The first-order valence-corrected chi connectivity index (χ1v) is 7.07. The summed E-state index contributed by atoms with van der Waals surface area (Å²) in [6, 6.07) is 6.80. The first-order valence-electron chi connectivity index (χ1n) is 6.20. The fraction of sp³-hybridized carbons (Fsp3) is 0.286. The molecule has 0 radical (unpaired) electrons. The maximum atomic E-state index is 10.8. The number of aromatic nitrogens is 1. The van der Waals surface area contributed by atoms with Crippen molar-refractivity contribution >= 4 is 22.4 Å². The summed E-state index contributed by atoms with van der Waals surface area (Å²) in [5.41, 5.74) is 2.13. The third kappa shape index (κ3) is 2.93. The van der Waals surface area contributed by atoms with E-state index < -0.39 is 5.97 Å². The molecule has 1 aromatic heterocycles. The molecule has 0 aliphatic carbocycles. The molecule has 100 valence electrons. The third-order valence-corrected chi connectivity index (χ3v) is 3.86. The van der Waals surface area contributed by atoms with Crippen molar-refractivity contribution in [2.24, 2.45) is 0 Å². The van der Waals surface area contributed by atoms with Crippen LogP contribution >= 0.6 is 11.3 Å². The summed E-state index contributed by atoms with van der Waals surface area (Å²) in [6.07, 6.45) is 0. The van der Waals surface area contributed by atoms with Gasteiger partial charge in [0.15, 0.2) is 5.13 Å². The third-order valence-electron chi connectivity index (χ3n) is 2.95. The molecule has 0 atom stereocenters. The fourth-order valence-corrected chi connectivity index (χ4v) is 2.78. The molecule has 0 saturated carbocycles. The van der Waals surface area contributed by atoms with Gasteiger partial charge < -0.3 is 10.0 Å². The van der Waals surface area contributed by atoms with Crippen LogP contribution in [0.15, 0.2) is 29.6 Å². The zero-order chi connectivity index (χ0) is 13.8. The number of hydrogen-bond acceptors (Lipinski definition) is 4. The first-order chi connectivity index (χ1) is 9.15. The van der Waals surface area contributed by atoms with Crippen LogP contribution in [0.5, 0.6) is 0 Å². The van der Waals surface area contributed by atoms with Gasteiger partial charge in [-0.25, -0.2) is 9.78 Å². The molecule has 0 unspecified atom stereocenters. The largest absolute Gasteiger partial charge is 0.478 e. The monoisotopic (exact) mass is 276 g/mol. The second-order valence-corrected chi connectivity index (χ2v) is 4.91. The number of thiazole rings is 1. The van der Waals surface area contributed by atoms with Crippen LogP contribution in [0.25, 0.3) is 11.3 Å². The molecule has 0 fully saturated rings. The smallest absolute Gasteiger partial charge is 0.335 e. The standard InChI is InChI=1S/C14H16N2O2S/c1-3-16(4-2)14-15-12(9-19-14)10-5-7-11(8-6-10)13(17)18/h5-9H,3-4H2,1-2H3,(H,17,18). The molecular formula is C14H16N2O2S. The van der Waals surface area contributed by atoms with Crippen molar-refractivity contribution in [3.63, 3.8) is 0 Å². The van der Waals surface area contributed by atoms with E-state index in [1.165, 1.54) is 0 Å². The van der Waals surface area contributed by atoms with Gasteiger partial charge in [-0.15, -0.1) is 11.3 Å². The number of rotatable bonds is 5. The summed E-state index contributed by atoms with van der Waals surface area (Å²) < 4.78 is 0. The number of carboxylic acid groups (broad SMARTS) is 1. The molecule has 4 nitrogen and oxygen atoms in total. The van der Waals surface area contributed by atoms with E-state index in [2.05, 4.69) is 23.7 Å². The van der Waals surface area contributed by atoms with Crippen LogP contribution in [0.3, 0.4) is 0 Å². The Balaban J connectivity index is 2.25. The number of hydrogen-bond donors (Lipinski definition) is 1. The van der Waals surface area contributed by atoms with Crippen LogP contribution in [0, 0.1) is 0 Å². The van der Waals surface area contributed by atoms with Crippen LogP contribution in [-0.2, 0) is 0 Å². The molecule has 5 heteroatoms. The molecule has 2 aromatic rings. The van der Waals surface area contributed by atoms with E-state index in [-0.39, 0.29) is 0 Å².